The normalized spacial score (nSPS) is 13.8. The van der Waals surface area contributed by atoms with E-state index in [1.807, 2.05) is 30.3 Å². The second-order valence-corrected chi connectivity index (χ2v) is 5.98. The lowest BCUT2D eigenvalue weighted by Gasteiger charge is -2.23. The van der Waals surface area contributed by atoms with E-state index >= 15 is 0 Å². The number of hydrogen-bond acceptors (Lipinski definition) is 4. The summed E-state index contributed by atoms with van der Waals surface area (Å²) in [5, 5.41) is 12.7. The van der Waals surface area contributed by atoms with Gasteiger partial charge in [-0.15, -0.1) is 11.8 Å². The average Bonchev–Trinajstić information content (AvgIpc) is 2.44. The number of methoxy groups -OCH3 is 1. The van der Waals surface area contributed by atoms with Crippen LogP contribution in [-0.2, 0) is 15.3 Å². The molecule has 1 aromatic rings. The molecule has 0 aliphatic heterocycles. The van der Waals surface area contributed by atoms with Crippen molar-refractivity contribution in [2.45, 2.75) is 24.7 Å². The van der Waals surface area contributed by atoms with Crippen LogP contribution in [0.25, 0.3) is 0 Å². The van der Waals surface area contributed by atoms with Crippen molar-refractivity contribution < 1.29 is 14.6 Å². The lowest BCUT2D eigenvalue weighted by atomic mass is 10.0. The molecule has 20 heavy (non-hydrogen) atoms. The van der Waals surface area contributed by atoms with Gasteiger partial charge in [0.15, 0.2) is 0 Å². The van der Waals surface area contributed by atoms with Gasteiger partial charge in [-0.2, -0.15) is 0 Å². The molecule has 1 atom stereocenters. The van der Waals surface area contributed by atoms with E-state index in [1.54, 1.807) is 25.8 Å². The molecule has 4 nitrogen and oxygen atoms in total. The molecule has 0 bridgehead atoms. The molecule has 0 aromatic heterocycles. The summed E-state index contributed by atoms with van der Waals surface area (Å²) < 4.78 is 4.92. The number of thioether (sulfide) groups is 1. The highest BCUT2D eigenvalue weighted by molar-refractivity contribution is 7.99. The fourth-order valence-electron chi connectivity index (χ4n) is 1.59. The van der Waals surface area contributed by atoms with Crippen molar-refractivity contribution >= 4 is 17.7 Å². The van der Waals surface area contributed by atoms with Crippen LogP contribution in [0, 0.1) is 0 Å². The van der Waals surface area contributed by atoms with Crippen LogP contribution in [0.1, 0.15) is 18.9 Å². The van der Waals surface area contributed by atoms with Gasteiger partial charge in [-0.05, 0) is 12.5 Å². The maximum absolute atomic E-state index is 11.7. The molecule has 1 unspecified atom stereocenters. The number of benzene rings is 1. The number of carbonyl (C=O) groups is 1. The van der Waals surface area contributed by atoms with Crippen LogP contribution in [0.3, 0.4) is 0 Å². The summed E-state index contributed by atoms with van der Waals surface area (Å²) in [5.74, 6) is 1.16. The summed E-state index contributed by atoms with van der Waals surface area (Å²) in [4.78, 5) is 11.7. The molecule has 0 spiro atoms. The predicted molar refractivity (Wildman–Crippen MR) is 82.7 cm³/mol. The summed E-state index contributed by atoms with van der Waals surface area (Å²) in [5.41, 5.74) is 0.285. The van der Waals surface area contributed by atoms with Crippen molar-refractivity contribution in [1.29, 1.82) is 0 Å². The van der Waals surface area contributed by atoms with Crippen LogP contribution in [0.2, 0.25) is 0 Å². The van der Waals surface area contributed by atoms with Gasteiger partial charge in [0.2, 0.25) is 5.91 Å². The molecule has 2 N–H and O–H groups in total. The second kappa shape index (κ2) is 9.00. The van der Waals surface area contributed by atoms with E-state index in [9.17, 15) is 9.90 Å². The Morgan fingerprint density at radius 2 is 2.10 bits per heavy atom. The van der Waals surface area contributed by atoms with Crippen LogP contribution in [0.4, 0.5) is 0 Å². The largest absolute Gasteiger partial charge is 0.388 e. The number of ether oxygens (including phenoxy) is 1. The van der Waals surface area contributed by atoms with Crippen LogP contribution in [0.15, 0.2) is 30.3 Å². The minimum atomic E-state index is -0.921. The molecular formula is C15H23NO3S. The minimum Gasteiger partial charge on any atom is -0.388 e. The van der Waals surface area contributed by atoms with Crippen LogP contribution >= 0.6 is 11.8 Å². The molecule has 0 fully saturated rings. The van der Waals surface area contributed by atoms with Crippen LogP contribution in [-0.4, -0.2) is 42.6 Å². The van der Waals surface area contributed by atoms with Crippen LogP contribution in [0.5, 0.6) is 0 Å². The summed E-state index contributed by atoms with van der Waals surface area (Å²) in [6.07, 6.45) is 0.501. The summed E-state index contributed by atoms with van der Waals surface area (Å²) in [6.45, 7) is 2.43. The van der Waals surface area contributed by atoms with Gasteiger partial charge in [0, 0.05) is 32.4 Å². The molecule has 0 heterocycles. The number of hydrogen-bond donors (Lipinski definition) is 2. The molecule has 112 valence electrons. The Labute approximate surface area is 124 Å². The Morgan fingerprint density at radius 3 is 2.75 bits per heavy atom. The minimum absolute atomic E-state index is 0.0522. The molecule has 0 radical (unpaired) electrons. The van der Waals surface area contributed by atoms with E-state index in [0.29, 0.717) is 18.8 Å². The summed E-state index contributed by atoms with van der Waals surface area (Å²) >= 11 is 1.56. The van der Waals surface area contributed by atoms with Gasteiger partial charge in [0.1, 0.15) is 0 Å². The first-order chi connectivity index (χ1) is 9.53. The maximum Gasteiger partial charge on any atom is 0.230 e. The number of amides is 1. The third kappa shape index (κ3) is 7.53. The topological polar surface area (TPSA) is 58.6 Å². The van der Waals surface area contributed by atoms with Gasteiger partial charge >= 0.3 is 0 Å². The number of aliphatic hydroxyl groups is 1. The van der Waals surface area contributed by atoms with E-state index in [1.165, 1.54) is 5.56 Å². The van der Waals surface area contributed by atoms with E-state index in [2.05, 4.69) is 5.32 Å². The Balaban J connectivity index is 2.17. The van der Waals surface area contributed by atoms with Crippen LogP contribution < -0.4 is 5.32 Å². The van der Waals surface area contributed by atoms with Gasteiger partial charge in [0.05, 0.1) is 11.4 Å². The zero-order chi connectivity index (χ0) is 14.8. The van der Waals surface area contributed by atoms with Gasteiger partial charge in [0.25, 0.3) is 0 Å². The first kappa shape index (κ1) is 17.0. The Hall–Kier alpha value is -1.04. The molecule has 0 saturated carbocycles. The predicted octanol–water partition coefficient (Wildman–Crippen LogP) is 1.82. The summed E-state index contributed by atoms with van der Waals surface area (Å²) in [6, 6.07) is 10.0. The highest BCUT2D eigenvalue weighted by Gasteiger charge is 2.20. The molecule has 1 amide bonds. The Morgan fingerprint density at radius 1 is 1.40 bits per heavy atom. The fourth-order valence-corrected chi connectivity index (χ4v) is 2.40. The molecule has 5 heteroatoms. The summed E-state index contributed by atoms with van der Waals surface area (Å²) in [7, 11) is 1.59. The van der Waals surface area contributed by atoms with Gasteiger partial charge < -0.3 is 15.2 Å². The maximum atomic E-state index is 11.7. The smallest absolute Gasteiger partial charge is 0.230 e. The Kier molecular flexibility index (Phi) is 7.65. The van der Waals surface area contributed by atoms with E-state index in [0.717, 1.165) is 5.75 Å². The molecule has 0 aliphatic rings. The van der Waals surface area contributed by atoms with Crippen molar-refractivity contribution in [3.63, 3.8) is 0 Å². The lowest BCUT2D eigenvalue weighted by Crippen LogP contribution is -2.42. The molecule has 0 saturated heterocycles. The number of nitrogens with one attached hydrogen (secondary N) is 1. The van der Waals surface area contributed by atoms with Gasteiger partial charge in [-0.3, -0.25) is 4.79 Å². The fraction of sp³-hybridized carbons (Fsp3) is 0.533. The SMILES string of the molecule is COCCC(C)(O)CNC(=O)CSCc1ccccc1. The van der Waals surface area contributed by atoms with Crippen molar-refractivity contribution in [1.82, 2.24) is 5.32 Å². The molecule has 1 rings (SSSR count). The average molecular weight is 297 g/mol. The first-order valence-electron chi connectivity index (χ1n) is 6.63. The van der Waals surface area contributed by atoms with Gasteiger partial charge in [-0.1, -0.05) is 30.3 Å². The van der Waals surface area contributed by atoms with E-state index in [4.69, 9.17) is 4.74 Å². The zero-order valence-corrected chi connectivity index (χ0v) is 12.9. The monoisotopic (exact) mass is 297 g/mol. The lowest BCUT2D eigenvalue weighted by molar-refractivity contribution is -0.119. The quantitative estimate of drug-likeness (QED) is 0.730. The molecular weight excluding hydrogens is 274 g/mol. The molecule has 0 aliphatic carbocycles. The van der Waals surface area contributed by atoms with Gasteiger partial charge in [-0.25, -0.2) is 0 Å². The first-order valence-corrected chi connectivity index (χ1v) is 7.79. The number of rotatable bonds is 9. The van der Waals surface area contributed by atoms with Crippen molar-refractivity contribution in [3.8, 4) is 0 Å². The highest BCUT2D eigenvalue weighted by Crippen LogP contribution is 2.12. The van der Waals surface area contributed by atoms with Crippen molar-refractivity contribution in [2.24, 2.45) is 0 Å². The van der Waals surface area contributed by atoms with Crippen molar-refractivity contribution in [3.05, 3.63) is 35.9 Å². The third-order valence-electron chi connectivity index (χ3n) is 2.86. The van der Waals surface area contributed by atoms with E-state index in [-0.39, 0.29) is 12.5 Å². The third-order valence-corrected chi connectivity index (χ3v) is 3.86. The Bertz CT molecular complexity index is 395. The second-order valence-electron chi connectivity index (χ2n) is 4.99. The van der Waals surface area contributed by atoms with Crippen molar-refractivity contribution in [2.75, 3.05) is 26.0 Å². The number of carbonyl (C=O) groups excluding carboxylic acids is 1. The standard InChI is InChI=1S/C15H23NO3S/c1-15(18,8-9-19-2)12-16-14(17)11-20-10-13-6-4-3-5-7-13/h3-7,18H,8-12H2,1-2H3,(H,16,17). The zero-order valence-electron chi connectivity index (χ0n) is 12.1. The van der Waals surface area contributed by atoms with E-state index < -0.39 is 5.60 Å². The highest BCUT2D eigenvalue weighted by atomic mass is 32.2. The molecule has 1 aromatic carbocycles.